The third-order valence-electron chi connectivity index (χ3n) is 3.81. The van der Waals surface area contributed by atoms with Crippen molar-refractivity contribution in [3.05, 3.63) is 22.8 Å². The van der Waals surface area contributed by atoms with Crippen molar-refractivity contribution in [3.63, 3.8) is 0 Å². The average molecular weight is 283 g/mol. The maximum Gasteiger partial charge on any atom is 0.126 e. The van der Waals surface area contributed by atoms with E-state index in [0.717, 1.165) is 22.1 Å². The van der Waals surface area contributed by atoms with E-state index < -0.39 is 0 Å². The van der Waals surface area contributed by atoms with Gasteiger partial charge in [0.2, 0.25) is 0 Å². The predicted octanol–water partition coefficient (Wildman–Crippen LogP) is 4.08. The van der Waals surface area contributed by atoms with Crippen LogP contribution in [0.3, 0.4) is 0 Å². The molecule has 0 aromatic carbocycles. The molecule has 0 saturated heterocycles. The van der Waals surface area contributed by atoms with Crippen LogP contribution >= 0.6 is 15.9 Å². The van der Waals surface area contributed by atoms with Crippen LogP contribution in [0.1, 0.15) is 33.1 Å². The van der Waals surface area contributed by atoms with Gasteiger partial charge in [0.25, 0.3) is 0 Å². The molecule has 1 heterocycles. The summed E-state index contributed by atoms with van der Waals surface area (Å²) >= 11 is 3.40. The molecule has 0 spiro atoms. The van der Waals surface area contributed by atoms with Gasteiger partial charge in [-0.2, -0.15) is 0 Å². The number of halogens is 1. The van der Waals surface area contributed by atoms with Crippen LogP contribution in [0, 0.1) is 11.8 Å². The van der Waals surface area contributed by atoms with Gasteiger partial charge in [-0.15, -0.1) is 0 Å². The minimum absolute atomic E-state index is 0.596. The van der Waals surface area contributed by atoms with Crippen molar-refractivity contribution in [1.82, 2.24) is 4.98 Å². The smallest absolute Gasteiger partial charge is 0.126 e. The third kappa shape index (κ3) is 2.57. The molecule has 0 amide bonds. The van der Waals surface area contributed by atoms with Crippen molar-refractivity contribution >= 4 is 21.7 Å². The molecule has 1 aliphatic rings. The number of pyridine rings is 1. The van der Waals surface area contributed by atoms with E-state index in [9.17, 15) is 0 Å². The summed E-state index contributed by atoms with van der Waals surface area (Å²) in [5.41, 5.74) is 0. The van der Waals surface area contributed by atoms with Gasteiger partial charge in [-0.3, -0.25) is 0 Å². The second-order valence-corrected chi connectivity index (χ2v) is 5.63. The number of hydrogen-bond acceptors (Lipinski definition) is 2. The molecule has 0 radical (unpaired) electrons. The van der Waals surface area contributed by atoms with Crippen LogP contribution in [0.2, 0.25) is 0 Å². The van der Waals surface area contributed by atoms with Gasteiger partial charge >= 0.3 is 0 Å². The SMILES string of the molecule is CCC1CCC(Nc2ccc(Br)cn2)C1C. The van der Waals surface area contributed by atoms with Gasteiger partial charge in [0.05, 0.1) is 0 Å². The molecule has 1 aromatic rings. The number of rotatable bonds is 3. The Balaban J connectivity index is 1.98. The summed E-state index contributed by atoms with van der Waals surface area (Å²) in [6.45, 7) is 4.65. The highest BCUT2D eigenvalue weighted by Crippen LogP contribution is 2.35. The number of nitrogens with zero attached hydrogens (tertiary/aromatic N) is 1. The predicted molar refractivity (Wildman–Crippen MR) is 71.5 cm³/mol. The lowest BCUT2D eigenvalue weighted by molar-refractivity contribution is 0.391. The summed E-state index contributed by atoms with van der Waals surface area (Å²) < 4.78 is 1.03. The van der Waals surface area contributed by atoms with E-state index in [1.54, 1.807) is 0 Å². The second kappa shape index (κ2) is 5.17. The van der Waals surface area contributed by atoms with Gasteiger partial charge in [0, 0.05) is 16.7 Å². The van der Waals surface area contributed by atoms with Crippen molar-refractivity contribution in [2.24, 2.45) is 11.8 Å². The van der Waals surface area contributed by atoms with Crippen LogP contribution in [-0.2, 0) is 0 Å². The highest BCUT2D eigenvalue weighted by molar-refractivity contribution is 9.10. The molecule has 0 aliphatic heterocycles. The Bertz CT molecular complexity index is 336. The number of hydrogen-bond donors (Lipinski definition) is 1. The maximum atomic E-state index is 4.37. The molecule has 16 heavy (non-hydrogen) atoms. The monoisotopic (exact) mass is 282 g/mol. The van der Waals surface area contributed by atoms with Crippen LogP contribution < -0.4 is 5.32 Å². The molecule has 1 N–H and O–H groups in total. The van der Waals surface area contributed by atoms with E-state index in [2.05, 4.69) is 40.1 Å². The van der Waals surface area contributed by atoms with E-state index in [0.29, 0.717) is 6.04 Å². The first-order valence-corrected chi connectivity index (χ1v) is 6.88. The molecule has 1 saturated carbocycles. The standard InChI is InChI=1S/C13H19BrN2/c1-3-10-4-6-12(9(10)2)16-13-7-5-11(14)8-15-13/h5,7-10,12H,3-4,6H2,1-2H3,(H,15,16). The zero-order valence-electron chi connectivity index (χ0n) is 9.91. The van der Waals surface area contributed by atoms with E-state index in [1.807, 2.05) is 18.3 Å². The molecule has 1 fully saturated rings. The zero-order chi connectivity index (χ0) is 11.5. The zero-order valence-corrected chi connectivity index (χ0v) is 11.5. The Hall–Kier alpha value is -0.570. The van der Waals surface area contributed by atoms with Crippen molar-refractivity contribution in [3.8, 4) is 0 Å². The summed E-state index contributed by atoms with van der Waals surface area (Å²) in [5, 5.41) is 3.55. The Morgan fingerprint density at radius 1 is 1.44 bits per heavy atom. The lowest BCUT2D eigenvalue weighted by atomic mass is 9.93. The minimum atomic E-state index is 0.596. The van der Waals surface area contributed by atoms with E-state index in [-0.39, 0.29) is 0 Å². The van der Waals surface area contributed by atoms with Gasteiger partial charge in [0.15, 0.2) is 0 Å². The lowest BCUT2D eigenvalue weighted by Gasteiger charge is -2.21. The molecule has 1 aromatic heterocycles. The molecule has 0 bridgehead atoms. The van der Waals surface area contributed by atoms with Gasteiger partial charge in [-0.1, -0.05) is 20.3 Å². The van der Waals surface area contributed by atoms with E-state index in [1.165, 1.54) is 19.3 Å². The minimum Gasteiger partial charge on any atom is -0.367 e. The first kappa shape index (κ1) is 11.9. The molecular weight excluding hydrogens is 264 g/mol. The first-order chi connectivity index (χ1) is 7.70. The third-order valence-corrected chi connectivity index (χ3v) is 4.28. The summed E-state index contributed by atoms with van der Waals surface area (Å²) in [5.74, 6) is 2.64. The van der Waals surface area contributed by atoms with Gasteiger partial charge in [0.1, 0.15) is 5.82 Å². The highest BCUT2D eigenvalue weighted by atomic mass is 79.9. The molecule has 3 unspecified atom stereocenters. The van der Waals surface area contributed by atoms with Crippen molar-refractivity contribution < 1.29 is 0 Å². The number of nitrogens with one attached hydrogen (secondary N) is 1. The molecule has 3 atom stereocenters. The second-order valence-electron chi connectivity index (χ2n) is 4.72. The van der Waals surface area contributed by atoms with E-state index in [4.69, 9.17) is 0 Å². The average Bonchev–Trinajstić information content (AvgIpc) is 2.63. The van der Waals surface area contributed by atoms with Crippen LogP contribution in [0.5, 0.6) is 0 Å². The van der Waals surface area contributed by atoms with Crippen LogP contribution in [0.15, 0.2) is 22.8 Å². The molecule has 3 heteroatoms. The van der Waals surface area contributed by atoms with Crippen molar-refractivity contribution in [2.45, 2.75) is 39.2 Å². The largest absolute Gasteiger partial charge is 0.367 e. The van der Waals surface area contributed by atoms with Crippen molar-refractivity contribution in [2.75, 3.05) is 5.32 Å². The Labute approximate surface area is 106 Å². The fourth-order valence-electron chi connectivity index (χ4n) is 2.68. The molecular formula is C13H19BrN2. The fraction of sp³-hybridized carbons (Fsp3) is 0.615. The number of anilines is 1. The van der Waals surface area contributed by atoms with Gasteiger partial charge < -0.3 is 5.32 Å². The summed E-state index contributed by atoms with van der Waals surface area (Å²) in [4.78, 5) is 4.37. The van der Waals surface area contributed by atoms with Gasteiger partial charge in [-0.25, -0.2) is 4.98 Å². The van der Waals surface area contributed by atoms with E-state index >= 15 is 0 Å². The molecule has 2 nitrogen and oxygen atoms in total. The highest BCUT2D eigenvalue weighted by Gasteiger charge is 2.31. The molecule has 2 rings (SSSR count). The Morgan fingerprint density at radius 2 is 2.25 bits per heavy atom. The normalized spacial score (nSPS) is 29.3. The quantitative estimate of drug-likeness (QED) is 0.904. The Morgan fingerprint density at radius 3 is 2.81 bits per heavy atom. The van der Waals surface area contributed by atoms with Crippen LogP contribution in [-0.4, -0.2) is 11.0 Å². The summed E-state index contributed by atoms with van der Waals surface area (Å²) in [6, 6.07) is 4.67. The summed E-state index contributed by atoms with van der Waals surface area (Å²) in [7, 11) is 0. The van der Waals surface area contributed by atoms with Crippen molar-refractivity contribution in [1.29, 1.82) is 0 Å². The van der Waals surface area contributed by atoms with Gasteiger partial charge in [-0.05, 0) is 52.7 Å². The van der Waals surface area contributed by atoms with Crippen LogP contribution in [0.25, 0.3) is 0 Å². The lowest BCUT2D eigenvalue weighted by Crippen LogP contribution is -2.25. The Kier molecular flexibility index (Phi) is 3.85. The topological polar surface area (TPSA) is 24.9 Å². The summed E-state index contributed by atoms with van der Waals surface area (Å²) in [6.07, 6.45) is 5.77. The molecule has 88 valence electrons. The maximum absolute atomic E-state index is 4.37. The first-order valence-electron chi connectivity index (χ1n) is 6.08. The number of aromatic nitrogens is 1. The van der Waals surface area contributed by atoms with Crippen LogP contribution in [0.4, 0.5) is 5.82 Å². The fourth-order valence-corrected chi connectivity index (χ4v) is 2.91. The molecule has 1 aliphatic carbocycles.